The second-order valence-electron chi connectivity index (χ2n) is 4.25. The maximum absolute atomic E-state index is 11.6. The molecule has 0 saturated heterocycles. The average Bonchev–Trinajstić information content (AvgIpc) is 2.03. The molecule has 1 atom stereocenters. The fourth-order valence-electron chi connectivity index (χ4n) is 1.37. The van der Waals surface area contributed by atoms with Crippen LogP contribution in [0.3, 0.4) is 0 Å². The van der Waals surface area contributed by atoms with Gasteiger partial charge in [-0.2, -0.15) is 0 Å². The summed E-state index contributed by atoms with van der Waals surface area (Å²) >= 11 is -0.417. The van der Waals surface area contributed by atoms with Crippen LogP contribution >= 0.6 is 0 Å². The van der Waals surface area contributed by atoms with Gasteiger partial charge >= 0.3 is 0 Å². The highest BCUT2D eigenvalue weighted by Crippen LogP contribution is 2.11. The molecule has 0 aromatic heterocycles. The Labute approximate surface area is 95.9 Å². The molecule has 15 heavy (non-hydrogen) atoms. The van der Waals surface area contributed by atoms with E-state index in [1.807, 2.05) is 28.1 Å². The lowest BCUT2D eigenvalue weighted by Gasteiger charge is -2.32. The minimum absolute atomic E-state index is 0.0579. The van der Waals surface area contributed by atoms with Gasteiger partial charge in [-0.05, 0) is 12.5 Å². The summed E-state index contributed by atoms with van der Waals surface area (Å²) in [6, 6.07) is 0.0579. The molecule has 0 N–H and O–H groups in total. The highest BCUT2D eigenvalue weighted by molar-refractivity contribution is 5.97. The van der Waals surface area contributed by atoms with Gasteiger partial charge in [-0.15, -0.1) is 0 Å². The topological polar surface area (TPSA) is 63.2 Å². The molecule has 0 fully saturated rings. The Balaban J connectivity index is 0. The van der Waals surface area contributed by atoms with Crippen LogP contribution in [0.1, 0.15) is 20.3 Å². The van der Waals surface area contributed by atoms with Crippen LogP contribution in [0.4, 0.5) is 0 Å². The van der Waals surface area contributed by atoms with E-state index in [9.17, 15) is 4.79 Å². The van der Waals surface area contributed by atoms with E-state index < -0.39 is 11.3 Å². The third kappa shape index (κ3) is 7.50. The van der Waals surface area contributed by atoms with Gasteiger partial charge in [0.15, 0.2) is 6.04 Å². The number of rotatable bonds is 4. The fraction of sp³-hybridized carbons (Fsp3) is 0.700. The molecule has 0 radical (unpaired) electrons. The standard InChI is InChI=1S/C10H20NO.ClO2/c1-7-9(11(4,5)6)10(12)8(2)3;2-1-3/h9H,2,7H2,1,3-6H3;/q+1;-1. The Hall–Kier alpha value is -0.420. The summed E-state index contributed by atoms with van der Waals surface area (Å²) in [6.45, 7) is 7.49. The van der Waals surface area contributed by atoms with Crippen LogP contribution in [0.5, 0.6) is 0 Å². The first kappa shape index (κ1) is 17.0. The lowest BCUT2D eigenvalue weighted by Crippen LogP contribution is -2.49. The summed E-state index contributed by atoms with van der Waals surface area (Å²) in [7, 11) is 6.11. The summed E-state index contributed by atoms with van der Waals surface area (Å²) in [5.74, 6) is 0.185. The van der Waals surface area contributed by atoms with E-state index in [1.54, 1.807) is 6.92 Å². The molecule has 0 spiro atoms. The van der Waals surface area contributed by atoms with E-state index in [0.29, 0.717) is 10.1 Å². The van der Waals surface area contributed by atoms with E-state index in [4.69, 9.17) is 9.32 Å². The van der Waals surface area contributed by atoms with Gasteiger partial charge in [0, 0.05) is 6.42 Å². The zero-order valence-electron chi connectivity index (χ0n) is 10.0. The van der Waals surface area contributed by atoms with Gasteiger partial charge in [0.1, 0.15) is 0 Å². The van der Waals surface area contributed by atoms with E-state index in [-0.39, 0.29) is 11.8 Å². The zero-order chi connectivity index (χ0) is 12.6. The van der Waals surface area contributed by atoms with Crippen LogP contribution in [0.2, 0.25) is 0 Å². The highest BCUT2D eigenvalue weighted by Gasteiger charge is 2.29. The van der Waals surface area contributed by atoms with Crippen LogP contribution in [-0.2, 0) is 4.79 Å². The van der Waals surface area contributed by atoms with Crippen molar-refractivity contribution >= 4 is 5.78 Å². The number of Topliss-reactive ketones (excluding diaryl/α,β-unsaturated/α-hetero) is 1. The molecule has 90 valence electrons. The van der Waals surface area contributed by atoms with Crippen molar-refractivity contribution in [3.63, 3.8) is 0 Å². The number of halogens is 1. The molecule has 1 unspecified atom stereocenters. The molecule has 5 heteroatoms. The van der Waals surface area contributed by atoms with Crippen molar-refractivity contribution in [2.45, 2.75) is 26.3 Å². The Morgan fingerprint density at radius 3 is 1.80 bits per heavy atom. The number of ketones is 1. The number of hydrogen-bond acceptors (Lipinski definition) is 3. The van der Waals surface area contributed by atoms with Gasteiger partial charge in [-0.3, -0.25) is 4.79 Å². The number of hydrogen-bond donors (Lipinski definition) is 0. The highest BCUT2D eigenvalue weighted by atomic mass is 35.6. The predicted molar refractivity (Wildman–Crippen MR) is 51.9 cm³/mol. The quantitative estimate of drug-likeness (QED) is 0.477. The van der Waals surface area contributed by atoms with Crippen molar-refractivity contribution in [3.8, 4) is 0 Å². The van der Waals surface area contributed by atoms with Crippen molar-refractivity contribution < 1.29 is 29.9 Å². The molecule has 0 bridgehead atoms. The Morgan fingerprint density at radius 2 is 1.73 bits per heavy atom. The molecular weight excluding hydrogens is 218 g/mol. The van der Waals surface area contributed by atoms with E-state index in [0.717, 1.165) is 6.42 Å². The largest absolute Gasteiger partial charge is 0.544 e. The van der Waals surface area contributed by atoms with Gasteiger partial charge in [0.25, 0.3) is 0 Å². The van der Waals surface area contributed by atoms with E-state index in [1.165, 1.54) is 0 Å². The Bertz CT molecular complexity index is 211. The van der Waals surface area contributed by atoms with Gasteiger partial charge in [0.2, 0.25) is 5.78 Å². The Morgan fingerprint density at radius 1 is 1.40 bits per heavy atom. The van der Waals surface area contributed by atoms with Crippen molar-refractivity contribution in [2.24, 2.45) is 0 Å². The smallest absolute Gasteiger partial charge is 0.215 e. The number of nitrogens with zero attached hydrogens (tertiary/aromatic N) is 1. The Kier molecular flexibility index (Phi) is 8.86. The van der Waals surface area contributed by atoms with Crippen molar-refractivity contribution in [2.75, 3.05) is 21.1 Å². The second-order valence-corrected chi connectivity index (χ2v) is 4.37. The van der Waals surface area contributed by atoms with Crippen LogP contribution < -0.4 is 9.32 Å². The predicted octanol–water partition coefficient (Wildman–Crippen LogP) is -0.762. The van der Waals surface area contributed by atoms with Crippen molar-refractivity contribution in [3.05, 3.63) is 12.2 Å². The third-order valence-electron chi connectivity index (χ3n) is 2.04. The van der Waals surface area contributed by atoms with Crippen LogP contribution in [0.15, 0.2) is 12.2 Å². The molecule has 0 aliphatic carbocycles. The van der Waals surface area contributed by atoms with Crippen molar-refractivity contribution in [1.29, 1.82) is 0 Å². The van der Waals surface area contributed by atoms with Crippen molar-refractivity contribution in [1.82, 2.24) is 0 Å². The zero-order valence-corrected chi connectivity index (χ0v) is 10.8. The third-order valence-corrected chi connectivity index (χ3v) is 2.04. The van der Waals surface area contributed by atoms with Crippen LogP contribution in [-0.4, -0.2) is 37.5 Å². The average molecular weight is 238 g/mol. The van der Waals surface area contributed by atoms with Crippen LogP contribution in [0.25, 0.3) is 0 Å². The maximum atomic E-state index is 11.6. The maximum Gasteiger partial charge on any atom is 0.215 e. The molecule has 0 saturated carbocycles. The summed E-state index contributed by atoms with van der Waals surface area (Å²) in [6.07, 6.45) is 0.870. The molecule has 4 nitrogen and oxygen atoms in total. The van der Waals surface area contributed by atoms with Gasteiger partial charge in [-0.1, -0.05) is 13.5 Å². The molecule has 0 aliphatic heterocycles. The summed E-state index contributed by atoms with van der Waals surface area (Å²) in [5, 5.41) is 0. The summed E-state index contributed by atoms with van der Waals surface area (Å²) in [5.41, 5.74) is 0.662. The van der Waals surface area contributed by atoms with E-state index >= 15 is 0 Å². The van der Waals surface area contributed by atoms with E-state index in [2.05, 4.69) is 6.58 Å². The SMILES string of the molecule is C=C(C)C(=O)C(CC)[N+](C)(C)C.[O-][Cl+][O-]. The van der Waals surface area contributed by atoms with Gasteiger partial charge < -0.3 is 13.8 Å². The number of likely N-dealkylation sites (N-methyl/N-ethyl adjacent to an activating group) is 1. The first-order valence-corrected chi connectivity index (χ1v) is 5.24. The summed E-state index contributed by atoms with van der Waals surface area (Å²) < 4.78 is 17.2. The number of carbonyl (C=O) groups excluding carboxylic acids is 1. The first-order valence-electron chi connectivity index (χ1n) is 4.62. The lowest BCUT2D eigenvalue weighted by molar-refractivity contribution is -1.41. The first-order chi connectivity index (χ1) is 6.72. The normalized spacial score (nSPS) is 12.5. The van der Waals surface area contributed by atoms with Gasteiger partial charge in [-0.25, -0.2) is 0 Å². The molecule has 0 aromatic carbocycles. The van der Waals surface area contributed by atoms with Gasteiger partial charge in [0.05, 0.1) is 32.5 Å². The molecule has 0 aromatic rings. The molecule has 0 heterocycles. The fourth-order valence-corrected chi connectivity index (χ4v) is 1.37. The van der Waals surface area contributed by atoms with Crippen LogP contribution in [0, 0.1) is 11.3 Å². The number of carbonyl (C=O) groups is 1. The minimum Gasteiger partial charge on any atom is -0.544 e. The number of quaternary nitrogens is 1. The minimum atomic E-state index is -0.417. The second kappa shape index (κ2) is 7.82. The summed E-state index contributed by atoms with van der Waals surface area (Å²) in [4.78, 5) is 11.6. The molecule has 0 rings (SSSR count). The molecular formula is C10H20ClNO3. The molecule has 0 amide bonds. The monoisotopic (exact) mass is 237 g/mol. The molecule has 0 aliphatic rings. The lowest BCUT2D eigenvalue weighted by atomic mass is 10.0.